The molecule has 0 saturated heterocycles. The molecular formula is C19H16F3NOS. The highest BCUT2D eigenvalue weighted by Gasteiger charge is 2.21. The molecule has 0 aromatic heterocycles. The van der Waals surface area contributed by atoms with Gasteiger partial charge in [0, 0.05) is 16.5 Å². The van der Waals surface area contributed by atoms with Gasteiger partial charge in [0.25, 0.3) is 0 Å². The summed E-state index contributed by atoms with van der Waals surface area (Å²) >= 11 is 1.53. The standard InChI is InChI=1S/C19H16F3NOS/c1-23-17-8-11(7-15(17)21)14-10-13(25-2)4-6-18(14)24-19-5-3-12(20)9-16(19)22/h3-10,17,23H,1-2H3. The van der Waals surface area contributed by atoms with E-state index in [2.05, 4.69) is 5.32 Å². The molecule has 0 saturated carbocycles. The van der Waals surface area contributed by atoms with Gasteiger partial charge in [0.05, 0.1) is 6.04 Å². The number of ether oxygens (including phenoxy) is 1. The van der Waals surface area contributed by atoms with Crippen LogP contribution in [0, 0.1) is 11.6 Å². The molecule has 0 radical (unpaired) electrons. The molecule has 0 fully saturated rings. The first-order valence-corrected chi connectivity index (χ1v) is 8.82. The minimum atomic E-state index is -0.796. The van der Waals surface area contributed by atoms with Gasteiger partial charge in [-0.15, -0.1) is 11.8 Å². The van der Waals surface area contributed by atoms with E-state index in [0.717, 1.165) is 17.0 Å². The van der Waals surface area contributed by atoms with Gasteiger partial charge in [0.2, 0.25) is 0 Å². The average Bonchev–Trinajstić information content (AvgIpc) is 2.98. The number of hydrogen-bond acceptors (Lipinski definition) is 3. The van der Waals surface area contributed by atoms with Crippen molar-refractivity contribution in [2.45, 2.75) is 10.9 Å². The van der Waals surface area contributed by atoms with E-state index in [-0.39, 0.29) is 11.6 Å². The van der Waals surface area contributed by atoms with Crippen molar-refractivity contribution in [3.63, 3.8) is 0 Å². The third-order valence-corrected chi connectivity index (χ3v) is 4.58. The average molecular weight is 363 g/mol. The number of halogens is 3. The number of rotatable bonds is 5. The van der Waals surface area contributed by atoms with E-state index in [1.54, 1.807) is 19.2 Å². The number of benzene rings is 2. The van der Waals surface area contributed by atoms with Crippen LogP contribution in [-0.2, 0) is 0 Å². The van der Waals surface area contributed by atoms with Crippen LogP contribution >= 0.6 is 11.8 Å². The lowest BCUT2D eigenvalue weighted by Gasteiger charge is -2.13. The lowest BCUT2D eigenvalue weighted by atomic mass is 10.1. The van der Waals surface area contributed by atoms with E-state index in [1.807, 2.05) is 18.4 Å². The molecule has 6 heteroatoms. The minimum absolute atomic E-state index is 0.0900. The molecule has 1 unspecified atom stereocenters. The zero-order valence-electron chi connectivity index (χ0n) is 13.6. The summed E-state index contributed by atoms with van der Waals surface area (Å²) in [4.78, 5) is 0.963. The fourth-order valence-electron chi connectivity index (χ4n) is 2.56. The first kappa shape index (κ1) is 17.6. The van der Waals surface area contributed by atoms with Gasteiger partial charge in [-0.1, -0.05) is 6.08 Å². The zero-order valence-corrected chi connectivity index (χ0v) is 14.5. The Balaban J connectivity index is 2.02. The molecule has 0 aliphatic heterocycles. The SMILES string of the molecule is CNC1C=C(c2cc(SC)ccc2Oc2ccc(F)cc2F)C=C1F. The molecule has 1 aliphatic carbocycles. The quantitative estimate of drug-likeness (QED) is 0.727. The molecule has 0 heterocycles. The van der Waals surface area contributed by atoms with Gasteiger partial charge in [0.15, 0.2) is 11.6 Å². The fraction of sp³-hybridized carbons (Fsp3) is 0.158. The van der Waals surface area contributed by atoms with Crippen molar-refractivity contribution in [1.29, 1.82) is 0 Å². The molecule has 130 valence electrons. The fourth-order valence-corrected chi connectivity index (χ4v) is 3.00. The van der Waals surface area contributed by atoms with Crippen LogP contribution in [0.1, 0.15) is 5.56 Å². The predicted molar refractivity (Wildman–Crippen MR) is 94.7 cm³/mol. The topological polar surface area (TPSA) is 21.3 Å². The van der Waals surface area contributed by atoms with E-state index >= 15 is 0 Å². The largest absolute Gasteiger partial charge is 0.454 e. The van der Waals surface area contributed by atoms with Crippen LogP contribution in [0.5, 0.6) is 11.5 Å². The van der Waals surface area contributed by atoms with Gasteiger partial charge in [0.1, 0.15) is 17.4 Å². The maximum atomic E-state index is 14.0. The summed E-state index contributed by atoms with van der Waals surface area (Å²) in [5, 5.41) is 2.86. The van der Waals surface area contributed by atoms with Gasteiger partial charge < -0.3 is 10.1 Å². The van der Waals surface area contributed by atoms with Crippen molar-refractivity contribution >= 4 is 17.3 Å². The van der Waals surface area contributed by atoms with Crippen LogP contribution in [0.2, 0.25) is 0 Å². The number of nitrogens with one attached hydrogen (secondary N) is 1. The van der Waals surface area contributed by atoms with Crippen molar-refractivity contribution in [2.75, 3.05) is 13.3 Å². The smallest absolute Gasteiger partial charge is 0.168 e. The summed E-state index contributed by atoms with van der Waals surface area (Å²) in [6.45, 7) is 0. The predicted octanol–water partition coefficient (Wildman–Crippen LogP) is 5.32. The van der Waals surface area contributed by atoms with Gasteiger partial charge >= 0.3 is 0 Å². The zero-order chi connectivity index (χ0) is 18.0. The van der Waals surface area contributed by atoms with Crippen molar-refractivity contribution in [1.82, 2.24) is 5.32 Å². The van der Waals surface area contributed by atoms with Crippen molar-refractivity contribution in [3.05, 3.63) is 71.6 Å². The summed E-state index contributed by atoms with van der Waals surface area (Å²) in [7, 11) is 1.67. The molecule has 1 aliphatic rings. The van der Waals surface area contributed by atoms with Crippen molar-refractivity contribution in [3.8, 4) is 11.5 Å². The molecule has 0 amide bonds. The van der Waals surface area contributed by atoms with Crippen LogP contribution in [0.3, 0.4) is 0 Å². The summed E-state index contributed by atoms with van der Waals surface area (Å²) in [5.41, 5.74) is 1.29. The molecule has 1 atom stereocenters. The van der Waals surface area contributed by atoms with Gasteiger partial charge in [-0.3, -0.25) is 0 Å². The van der Waals surface area contributed by atoms with Crippen LogP contribution in [0.25, 0.3) is 5.57 Å². The Kier molecular flexibility index (Phi) is 5.20. The maximum absolute atomic E-state index is 14.0. The summed E-state index contributed by atoms with van der Waals surface area (Å²) in [6.07, 6.45) is 5.09. The van der Waals surface area contributed by atoms with E-state index in [0.29, 0.717) is 16.9 Å². The Morgan fingerprint density at radius 1 is 1.04 bits per heavy atom. The Morgan fingerprint density at radius 3 is 2.44 bits per heavy atom. The Morgan fingerprint density at radius 2 is 1.80 bits per heavy atom. The lowest BCUT2D eigenvalue weighted by molar-refractivity contribution is 0.436. The Labute approximate surface area is 148 Å². The molecule has 3 rings (SSSR count). The summed E-state index contributed by atoms with van der Waals surface area (Å²) < 4.78 is 46.6. The second kappa shape index (κ2) is 7.37. The molecule has 2 aromatic carbocycles. The van der Waals surface area contributed by atoms with E-state index in [9.17, 15) is 13.2 Å². The third-order valence-electron chi connectivity index (χ3n) is 3.86. The van der Waals surface area contributed by atoms with Gasteiger partial charge in [-0.05, 0) is 55.3 Å². The van der Waals surface area contributed by atoms with Gasteiger partial charge in [-0.2, -0.15) is 0 Å². The second-order valence-electron chi connectivity index (χ2n) is 5.46. The number of allylic oxidation sites excluding steroid dienone is 2. The Bertz CT molecular complexity index is 864. The van der Waals surface area contributed by atoms with Crippen molar-refractivity contribution < 1.29 is 17.9 Å². The molecule has 25 heavy (non-hydrogen) atoms. The highest BCUT2D eigenvalue weighted by molar-refractivity contribution is 7.98. The van der Waals surface area contributed by atoms with Crippen LogP contribution in [-0.4, -0.2) is 19.3 Å². The summed E-state index contributed by atoms with van der Waals surface area (Å²) in [5.74, 6) is -1.49. The second-order valence-corrected chi connectivity index (χ2v) is 6.34. The van der Waals surface area contributed by atoms with Crippen LogP contribution < -0.4 is 10.1 Å². The van der Waals surface area contributed by atoms with E-state index in [1.165, 1.54) is 23.9 Å². The van der Waals surface area contributed by atoms with Crippen LogP contribution in [0.15, 0.2) is 59.3 Å². The number of thioether (sulfide) groups is 1. The first-order chi connectivity index (χ1) is 12.0. The molecule has 0 spiro atoms. The normalized spacial score (nSPS) is 16.6. The van der Waals surface area contributed by atoms with E-state index in [4.69, 9.17) is 4.74 Å². The number of hydrogen-bond donors (Lipinski definition) is 1. The van der Waals surface area contributed by atoms with Crippen LogP contribution in [0.4, 0.5) is 13.2 Å². The third kappa shape index (κ3) is 3.75. The molecule has 2 nitrogen and oxygen atoms in total. The highest BCUT2D eigenvalue weighted by atomic mass is 32.2. The monoisotopic (exact) mass is 363 g/mol. The molecule has 2 aromatic rings. The maximum Gasteiger partial charge on any atom is 0.168 e. The van der Waals surface area contributed by atoms with E-state index < -0.39 is 17.7 Å². The molecule has 0 bridgehead atoms. The van der Waals surface area contributed by atoms with Gasteiger partial charge in [-0.25, -0.2) is 13.2 Å². The Hall–Kier alpha value is -2.18. The number of likely N-dealkylation sites (N-methyl/N-ethyl adjacent to an activating group) is 1. The molecular weight excluding hydrogens is 347 g/mol. The highest BCUT2D eigenvalue weighted by Crippen LogP contribution is 2.38. The first-order valence-electron chi connectivity index (χ1n) is 7.59. The van der Waals surface area contributed by atoms with Crippen molar-refractivity contribution in [2.24, 2.45) is 0 Å². The lowest BCUT2D eigenvalue weighted by Crippen LogP contribution is -2.21. The molecule has 1 N–H and O–H groups in total. The minimum Gasteiger partial charge on any atom is -0.454 e. The summed E-state index contributed by atoms with van der Waals surface area (Å²) in [6, 6.07) is 8.00.